The van der Waals surface area contributed by atoms with E-state index in [1.54, 1.807) is 48.6 Å². The van der Waals surface area contributed by atoms with E-state index in [-0.39, 0.29) is 5.56 Å². The van der Waals surface area contributed by atoms with Crippen molar-refractivity contribution in [2.45, 2.75) is 10.6 Å². The van der Waals surface area contributed by atoms with Crippen molar-refractivity contribution in [3.8, 4) is 11.5 Å². The van der Waals surface area contributed by atoms with Crippen LogP contribution in [-0.4, -0.2) is 19.6 Å². The molecule has 0 aromatic carbocycles. The van der Waals surface area contributed by atoms with E-state index in [0.717, 1.165) is 16.3 Å². The van der Waals surface area contributed by atoms with Gasteiger partial charge in [-0.3, -0.25) is 14.9 Å². The van der Waals surface area contributed by atoms with Crippen LogP contribution in [0.2, 0.25) is 0 Å². The van der Waals surface area contributed by atoms with Gasteiger partial charge in [0.15, 0.2) is 11.4 Å². The van der Waals surface area contributed by atoms with Crippen molar-refractivity contribution >= 4 is 17.4 Å². The molecule has 0 aliphatic carbocycles. The zero-order chi connectivity index (χ0) is 15.6. The molecular formula is C16H12N4O2S. The van der Waals surface area contributed by atoms with Crippen molar-refractivity contribution in [2.75, 3.05) is 0 Å². The molecule has 0 atom stereocenters. The summed E-state index contributed by atoms with van der Waals surface area (Å²) in [7, 11) is 0. The van der Waals surface area contributed by atoms with Gasteiger partial charge in [0.05, 0.1) is 12.0 Å². The molecule has 4 aromatic rings. The standard InChI is InChI=1S/C16H12N4O2S/c21-16-8-11(10-23-12-3-5-17-6-4-12)18-15-9-13(19-20(15)16)14-2-1-7-22-14/h1-9,19H,10H2. The molecule has 6 nitrogen and oxygen atoms in total. The second-order valence-corrected chi connectivity index (χ2v) is 5.95. The van der Waals surface area contributed by atoms with Crippen LogP contribution in [0.4, 0.5) is 0 Å². The maximum Gasteiger partial charge on any atom is 0.272 e. The number of thioether (sulfide) groups is 1. The SMILES string of the molecule is O=c1cc(CSc2ccncc2)nc2cc(-c3ccco3)[nH]n12. The molecule has 0 saturated heterocycles. The monoisotopic (exact) mass is 324 g/mol. The van der Waals surface area contributed by atoms with Gasteiger partial charge in [0.2, 0.25) is 0 Å². The molecule has 0 fully saturated rings. The Morgan fingerprint density at radius 3 is 2.87 bits per heavy atom. The second kappa shape index (κ2) is 5.77. The Balaban J connectivity index is 1.65. The number of aromatic amines is 1. The molecule has 0 spiro atoms. The van der Waals surface area contributed by atoms with Gasteiger partial charge in [-0.25, -0.2) is 9.50 Å². The first kappa shape index (κ1) is 13.8. The Morgan fingerprint density at radius 2 is 2.09 bits per heavy atom. The van der Waals surface area contributed by atoms with Gasteiger partial charge < -0.3 is 4.42 Å². The third-order valence-corrected chi connectivity index (χ3v) is 4.37. The van der Waals surface area contributed by atoms with Gasteiger partial charge in [0, 0.05) is 35.2 Å². The third kappa shape index (κ3) is 2.78. The molecule has 7 heteroatoms. The lowest BCUT2D eigenvalue weighted by Crippen LogP contribution is -2.15. The average Bonchev–Trinajstić information content (AvgIpc) is 3.23. The first-order valence-corrected chi connectivity index (χ1v) is 7.96. The number of H-pyrrole nitrogens is 1. The Morgan fingerprint density at radius 1 is 1.22 bits per heavy atom. The number of nitrogens with zero attached hydrogens (tertiary/aromatic N) is 3. The minimum atomic E-state index is -0.141. The number of furan rings is 1. The molecule has 23 heavy (non-hydrogen) atoms. The maximum atomic E-state index is 12.2. The molecule has 0 saturated carbocycles. The maximum absolute atomic E-state index is 12.2. The van der Waals surface area contributed by atoms with Crippen molar-refractivity contribution in [1.82, 2.24) is 19.6 Å². The number of fused-ring (bicyclic) bond motifs is 1. The van der Waals surface area contributed by atoms with Crippen LogP contribution in [-0.2, 0) is 5.75 Å². The van der Waals surface area contributed by atoms with E-state index in [4.69, 9.17) is 4.42 Å². The lowest BCUT2D eigenvalue weighted by molar-refractivity contribution is 0.579. The number of rotatable bonds is 4. The summed E-state index contributed by atoms with van der Waals surface area (Å²) in [6.07, 6.45) is 5.08. The van der Waals surface area contributed by atoms with Crippen molar-refractivity contribution in [3.63, 3.8) is 0 Å². The Kier molecular flexibility index (Phi) is 3.47. The Bertz CT molecular complexity index is 990. The van der Waals surface area contributed by atoms with Crippen LogP contribution in [0.5, 0.6) is 0 Å². The lowest BCUT2D eigenvalue weighted by atomic mass is 10.3. The van der Waals surface area contributed by atoms with Crippen molar-refractivity contribution in [2.24, 2.45) is 0 Å². The molecule has 0 aliphatic rings. The third-order valence-electron chi connectivity index (χ3n) is 3.33. The van der Waals surface area contributed by atoms with E-state index in [9.17, 15) is 4.79 Å². The Hall–Kier alpha value is -2.80. The number of pyridine rings is 1. The van der Waals surface area contributed by atoms with Gasteiger partial charge in [-0.05, 0) is 24.3 Å². The molecule has 0 amide bonds. The highest BCUT2D eigenvalue weighted by atomic mass is 32.2. The quantitative estimate of drug-likeness (QED) is 0.584. The van der Waals surface area contributed by atoms with Crippen LogP contribution in [0.15, 0.2) is 69.2 Å². The summed E-state index contributed by atoms with van der Waals surface area (Å²) in [4.78, 5) is 21.8. The smallest absolute Gasteiger partial charge is 0.272 e. The summed E-state index contributed by atoms with van der Waals surface area (Å²) >= 11 is 1.62. The number of hydrogen-bond acceptors (Lipinski definition) is 5. The minimum absolute atomic E-state index is 0.141. The van der Waals surface area contributed by atoms with Crippen molar-refractivity contribution < 1.29 is 4.42 Å². The zero-order valence-corrected chi connectivity index (χ0v) is 12.8. The van der Waals surface area contributed by atoms with Crippen molar-refractivity contribution in [3.05, 3.63) is 71.1 Å². The summed E-state index contributed by atoms with van der Waals surface area (Å²) in [5.74, 6) is 1.29. The fourth-order valence-electron chi connectivity index (χ4n) is 2.26. The molecule has 0 aliphatic heterocycles. The van der Waals surface area contributed by atoms with E-state index >= 15 is 0 Å². The van der Waals surface area contributed by atoms with E-state index in [1.807, 2.05) is 18.2 Å². The first-order chi connectivity index (χ1) is 11.3. The van der Waals surface area contributed by atoms with Gasteiger partial charge in [0.1, 0.15) is 5.69 Å². The topological polar surface area (TPSA) is 76.2 Å². The predicted octanol–water partition coefficient (Wildman–Crippen LogP) is 2.97. The van der Waals surface area contributed by atoms with E-state index in [2.05, 4.69) is 15.1 Å². The molecular weight excluding hydrogens is 312 g/mol. The summed E-state index contributed by atoms with van der Waals surface area (Å²) in [5.41, 5.74) is 1.90. The van der Waals surface area contributed by atoms with Crippen LogP contribution in [0.1, 0.15) is 5.69 Å². The second-order valence-electron chi connectivity index (χ2n) is 4.90. The molecule has 4 rings (SSSR count). The molecule has 0 radical (unpaired) electrons. The van der Waals surface area contributed by atoms with Gasteiger partial charge in [-0.15, -0.1) is 11.8 Å². The zero-order valence-electron chi connectivity index (χ0n) is 12.0. The highest BCUT2D eigenvalue weighted by molar-refractivity contribution is 7.98. The highest BCUT2D eigenvalue weighted by Gasteiger charge is 2.09. The summed E-state index contributed by atoms with van der Waals surface area (Å²) in [6.45, 7) is 0. The van der Waals surface area contributed by atoms with Gasteiger partial charge in [-0.2, -0.15) is 0 Å². The normalized spacial score (nSPS) is 11.1. The van der Waals surface area contributed by atoms with E-state index in [0.29, 0.717) is 17.2 Å². The predicted molar refractivity (Wildman–Crippen MR) is 87.3 cm³/mol. The summed E-state index contributed by atoms with van der Waals surface area (Å²) < 4.78 is 6.76. The van der Waals surface area contributed by atoms with E-state index in [1.165, 1.54) is 4.52 Å². The number of hydrogen-bond donors (Lipinski definition) is 1. The van der Waals surface area contributed by atoms with Crippen molar-refractivity contribution in [1.29, 1.82) is 0 Å². The highest BCUT2D eigenvalue weighted by Crippen LogP contribution is 2.22. The first-order valence-electron chi connectivity index (χ1n) is 6.98. The average molecular weight is 324 g/mol. The van der Waals surface area contributed by atoms with Crippen LogP contribution in [0.3, 0.4) is 0 Å². The molecule has 4 heterocycles. The Labute approximate surface area is 135 Å². The van der Waals surface area contributed by atoms with Gasteiger partial charge in [0.25, 0.3) is 5.56 Å². The molecule has 0 unspecified atom stereocenters. The minimum Gasteiger partial charge on any atom is -0.463 e. The number of aromatic nitrogens is 4. The molecule has 1 N–H and O–H groups in total. The fraction of sp³-hybridized carbons (Fsp3) is 0.0625. The summed E-state index contributed by atoms with van der Waals surface area (Å²) in [6, 6.07) is 10.8. The largest absolute Gasteiger partial charge is 0.463 e. The fourth-order valence-corrected chi connectivity index (χ4v) is 3.04. The molecule has 4 aromatic heterocycles. The molecule has 114 valence electrons. The van der Waals surface area contributed by atoms with Crippen LogP contribution in [0.25, 0.3) is 17.1 Å². The van der Waals surface area contributed by atoms with Crippen LogP contribution >= 0.6 is 11.8 Å². The van der Waals surface area contributed by atoms with Gasteiger partial charge >= 0.3 is 0 Å². The van der Waals surface area contributed by atoms with Crippen LogP contribution in [0, 0.1) is 0 Å². The number of nitrogens with one attached hydrogen (secondary N) is 1. The van der Waals surface area contributed by atoms with Crippen LogP contribution < -0.4 is 5.56 Å². The lowest BCUT2D eigenvalue weighted by Gasteiger charge is -2.01. The van der Waals surface area contributed by atoms with Gasteiger partial charge in [-0.1, -0.05) is 0 Å². The summed E-state index contributed by atoms with van der Waals surface area (Å²) in [5, 5.41) is 3.00. The molecule has 0 bridgehead atoms. The van der Waals surface area contributed by atoms with E-state index < -0.39 is 0 Å².